The maximum Gasteiger partial charge on any atom is 0.335 e. The lowest BCUT2D eigenvalue weighted by Crippen LogP contribution is -2.06. The monoisotopic (exact) mass is 334 g/mol. The van der Waals surface area contributed by atoms with Gasteiger partial charge in [-0.05, 0) is 35.7 Å². The second-order valence-electron chi connectivity index (χ2n) is 5.32. The molecule has 0 aliphatic heterocycles. The van der Waals surface area contributed by atoms with E-state index in [1.165, 1.54) is 36.2 Å². The molecule has 0 atom stereocenters. The molecule has 0 bridgehead atoms. The molecule has 0 radical (unpaired) electrons. The van der Waals surface area contributed by atoms with E-state index in [0.717, 1.165) is 0 Å². The molecule has 0 aliphatic rings. The van der Waals surface area contributed by atoms with Crippen LogP contribution in [0.25, 0.3) is 11.1 Å². The smallest absolute Gasteiger partial charge is 0.335 e. The third-order valence-corrected chi connectivity index (χ3v) is 3.68. The predicted molar refractivity (Wildman–Crippen MR) is 97.0 cm³/mol. The van der Waals surface area contributed by atoms with Gasteiger partial charge >= 0.3 is 11.9 Å². The Hall–Kier alpha value is -3.40. The summed E-state index contributed by atoms with van der Waals surface area (Å²) in [4.78, 5) is 21.2. The summed E-state index contributed by atoms with van der Waals surface area (Å²) in [5.74, 6) is -2.22. The van der Waals surface area contributed by atoms with Crippen molar-refractivity contribution in [3.8, 4) is 11.1 Å². The Morgan fingerprint density at radius 1 is 0.600 bits per heavy atom. The Morgan fingerprint density at radius 3 is 1.28 bits per heavy atom. The molecule has 3 aromatic carbocycles. The zero-order valence-corrected chi connectivity index (χ0v) is 13.7. The van der Waals surface area contributed by atoms with Gasteiger partial charge in [0.05, 0.1) is 11.1 Å². The minimum Gasteiger partial charge on any atom is -0.478 e. The third-order valence-electron chi connectivity index (χ3n) is 3.68. The van der Waals surface area contributed by atoms with Gasteiger partial charge in [-0.3, -0.25) is 0 Å². The van der Waals surface area contributed by atoms with Crippen molar-refractivity contribution in [3.05, 3.63) is 95.6 Å². The fourth-order valence-electron chi connectivity index (χ4n) is 2.36. The third kappa shape index (κ3) is 4.78. The van der Waals surface area contributed by atoms with Gasteiger partial charge in [-0.25, -0.2) is 9.59 Å². The fraction of sp³-hybridized carbons (Fsp3) is 0.0476. The van der Waals surface area contributed by atoms with Crippen LogP contribution in [0.2, 0.25) is 0 Å². The zero-order chi connectivity index (χ0) is 18.2. The van der Waals surface area contributed by atoms with Crippen LogP contribution in [0, 0.1) is 6.92 Å². The maximum absolute atomic E-state index is 10.6. The summed E-state index contributed by atoms with van der Waals surface area (Å²) in [6.07, 6.45) is 0. The lowest BCUT2D eigenvalue weighted by Gasteiger charge is -2.03. The Morgan fingerprint density at radius 2 is 0.960 bits per heavy atom. The molecular weight excluding hydrogens is 316 g/mol. The van der Waals surface area contributed by atoms with Gasteiger partial charge in [0.1, 0.15) is 0 Å². The molecule has 0 heterocycles. The van der Waals surface area contributed by atoms with E-state index in [1.807, 2.05) is 12.1 Å². The zero-order valence-electron chi connectivity index (χ0n) is 13.7. The van der Waals surface area contributed by atoms with Crippen molar-refractivity contribution in [2.24, 2.45) is 0 Å². The Labute approximate surface area is 146 Å². The minimum atomic E-state index is -1.11. The van der Waals surface area contributed by atoms with E-state index in [0.29, 0.717) is 0 Å². The van der Waals surface area contributed by atoms with E-state index in [2.05, 4.69) is 48.5 Å². The fourth-order valence-corrected chi connectivity index (χ4v) is 2.36. The summed E-state index contributed by atoms with van der Waals surface area (Å²) in [7, 11) is 0. The number of rotatable bonds is 3. The van der Waals surface area contributed by atoms with E-state index in [4.69, 9.17) is 10.2 Å². The van der Waals surface area contributed by atoms with Crippen LogP contribution < -0.4 is 0 Å². The normalized spacial score (nSPS) is 9.64. The molecule has 126 valence electrons. The van der Waals surface area contributed by atoms with E-state index < -0.39 is 11.9 Å². The number of aromatic carboxylic acids is 2. The average Bonchev–Trinajstić information content (AvgIpc) is 2.63. The molecule has 0 spiro atoms. The van der Waals surface area contributed by atoms with E-state index in [9.17, 15) is 9.59 Å². The number of hydrogen-bond donors (Lipinski definition) is 2. The molecule has 0 unspecified atom stereocenters. The van der Waals surface area contributed by atoms with Gasteiger partial charge in [-0.1, -0.05) is 66.7 Å². The standard InChI is InChI=1S/C12H10.C9H8O4/c1-3-7-11(8-4-1)12-9-5-2-6-10-12;1-5-6(8(10)11)3-2-4-7(5)9(12)13/h1-10H;2-4H,1H3,(H,10,11)(H,12,13). The minimum absolute atomic E-state index is 0.0277. The lowest BCUT2D eigenvalue weighted by atomic mass is 10.0. The summed E-state index contributed by atoms with van der Waals surface area (Å²) in [6.45, 7) is 1.48. The van der Waals surface area contributed by atoms with Crippen molar-refractivity contribution >= 4 is 11.9 Å². The van der Waals surface area contributed by atoms with Crippen LogP contribution in [-0.2, 0) is 0 Å². The van der Waals surface area contributed by atoms with Crippen LogP contribution in [0.3, 0.4) is 0 Å². The van der Waals surface area contributed by atoms with Gasteiger partial charge in [0.15, 0.2) is 0 Å². The van der Waals surface area contributed by atoms with Gasteiger partial charge in [0.25, 0.3) is 0 Å². The molecule has 2 N–H and O–H groups in total. The van der Waals surface area contributed by atoms with Crippen molar-refractivity contribution in [2.75, 3.05) is 0 Å². The van der Waals surface area contributed by atoms with E-state index in [-0.39, 0.29) is 16.7 Å². The van der Waals surface area contributed by atoms with E-state index >= 15 is 0 Å². The quantitative estimate of drug-likeness (QED) is 0.725. The Bertz CT molecular complexity index is 786. The molecule has 0 aliphatic carbocycles. The first-order valence-electron chi connectivity index (χ1n) is 7.67. The van der Waals surface area contributed by atoms with Crippen LogP contribution in [0.1, 0.15) is 26.3 Å². The molecule has 0 saturated heterocycles. The first-order chi connectivity index (χ1) is 12.0. The summed E-state index contributed by atoms with van der Waals surface area (Å²) in [6, 6.07) is 25.0. The van der Waals surface area contributed by atoms with Crippen molar-refractivity contribution in [3.63, 3.8) is 0 Å². The second kappa shape index (κ2) is 8.45. The number of carboxylic acid groups (broad SMARTS) is 2. The summed E-state index contributed by atoms with van der Waals surface area (Å²) in [5.41, 5.74) is 2.89. The Balaban J connectivity index is 0.000000181. The first-order valence-corrected chi connectivity index (χ1v) is 7.67. The highest BCUT2D eigenvalue weighted by molar-refractivity contribution is 5.96. The van der Waals surface area contributed by atoms with Crippen molar-refractivity contribution in [1.82, 2.24) is 0 Å². The van der Waals surface area contributed by atoms with Gasteiger partial charge in [0.2, 0.25) is 0 Å². The van der Waals surface area contributed by atoms with Crippen LogP contribution in [0.15, 0.2) is 78.9 Å². The first kappa shape index (κ1) is 17.9. The number of benzene rings is 3. The molecule has 0 amide bonds. The summed E-state index contributed by atoms with van der Waals surface area (Å²) in [5, 5.41) is 17.4. The van der Waals surface area contributed by atoms with Gasteiger partial charge in [0, 0.05) is 0 Å². The van der Waals surface area contributed by atoms with Crippen LogP contribution in [0.4, 0.5) is 0 Å². The molecule has 3 aromatic rings. The predicted octanol–water partition coefficient (Wildman–Crippen LogP) is 4.75. The van der Waals surface area contributed by atoms with Crippen LogP contribution in [0.5, 0.6) is 0 Å². The maximum atomic E-state index is 10.6. The summed E-state index contributed by atoms with van der Waals surface area (Å²) >= 11 is 0. The van der Waals surface area contributed by atoms with E-state index in [1.54, 1.807) is 0 Å². The molecule has 25 heavy (non-hydrogen) atoms. The number of hydrogen-bond acceptors (Lipinski definition) is 2. The second-order valence-corrected chi connectivity index (χ2v) is 5.32. The topological polar surface area (TPSA) is 74.6 Å². The van der Waals surface area contributed by atoms with Crippen LogP contribution in [-0.4, -0.2) is 22.2 Å². The largest absolute Gasteiger partial charge is 0.478 e. The number of carboxylic acids is 2. The number of carbonyl (C=O) groups is 2. The average molecular weight is 334 g/mol. The molecule has 0 saturated carbocycles. The van der Waals surface area contributed by atoms with Gasteiger partial charge < -0.3 is 10.2 Å². The SMILES string of the molecule is Cc1c(C(=O)O)cccc1C(=O)O.c1ccc(-c2ccccc2)cc1. The molecule has 3 rings (SSSR count). The van der Waals surface area contributed by atoms with Gasteiger partial charge in [-0.15, -0.1) is 0 Å². The Kier molecular flexibility index (Phi) is 6.07. The molecule has 0 fully saturated rings. The van der Waals surface area contributed by atoms with Crippen molar-refractivity contribution in [1.29, 1.82) is 0 Å². The lowest BCUT2D eigenvalue weighted by molar-refractivity contribution is 0.0696. The highest BCUT2D eigenvalue weighted by atomic mass is 16.4. The van der Waals surface area contributed by atoms with Crippen molar-refractivity contribution in [2.45, 2.75) is 6.92 Å². The molecule has 4 heteroatoms. The molecular formula is C21H18O4. The highest BCUT2D eigenvalue weighted by Gasteiger charge is 2.13. The highest BCUT2D eigenvalue weighted by Crippen LogP contribution is 2.17. The molecule has 4 nitrogen and oxygen atoms in total. The summed E-state index contributed by atoms with van der Waals surface area (Å²) < 4.78 is 0. The van der Waals surface area contributed by atoms with Crippen molar-refractivity contribution < 1.29 is 19.8 Å². The van der Waals surface area contributed by atoms with Crippen LogP contribution >= 0.6 is 0 Å². The molecule has 0 aromatic heterocycles. The van der Waals surface area contributed by atoms with Gasteiger partial charge in [-0.2, -0.15) is 0 Å².